The second kappa shape index (κ2) is 5.03. The van der Waals surface area contributed by atoms with Gasteiger partial charge in [-0.15, -0.1) is 0 Å². The van der Waals surface area contributed by atoms with Crippen LogP contribution < -0.4 is 10.6 Å². The molecule has 2 fully saturated rings. The Hall–Kier alpha value is -1.85. The van der Waals surface area contributed by atoms with Crippen LogP contribution in [-0.4, -0.2) is 34.1 Å². The van der Waals surface area contributed by atoms with Gasteiger partial charge in [0.05, 0.1) is 0 Å². The maximum atomic E-state index is 8.72. The van der Waals surface area contributed by atoms with Crippen molar-refractivity contribution < 1.29 is 5.21 Å². The van der Waals surface area contributed by atoms with Gasteiger partial charge in [-0.05, 0) is 43.6 Å². The van der Waals surface area contributed by atoms with E-state index in [0.717, 1.165) is 24.9 Å². The van der Waals surface area contributed by atoms with Gasteiger partial charge in [-0.3, -0.25) is 0 Å². The van der Waals surface area contributed by atoms with E-state index in [1.165, 1.54) is 25.7 Å². The van der Waals surface area contributed by atoms with Crippen LogP contribution in [-0.2, 0) is 0 Å². The van der Waals surface area contributed by atoms with Crippen LogP contribution in [0.3, 0.4) is 0 Å². The first-order valence-corrected chi connectivity index (χ1v) is 6.82. The smallest absolute Gasteiger partial charge is 0.225 e. The summed E-state index contributed by atoms with van der Waals surface area (Å²) in [6, 6.07) is 1.66. The normalized spacial score (nSPS) is 19.5. The highest BCUT2D eigenvalue weighted by atomic mass is 16.4. The molecular weight excluding hydrogens is 242 g/mol. The minimum absolute atomic E-state index is 0.0291. The van der Waals surface area contributed by atoms with Crippen molar-refractivity contribution in [1.82, 2.24) is 9.97 Å². The Morgan fingerprint density at radius 1 is 1.32 bits per heavy atom. The van der Waals surface area contributed by atoms with E-state index in [2.05, 4.69) is 20.0 Å². The van der Waals surface area contributed by atoms with Gasteiger partial charge >= 0.3 is 0 Å². The first-order valence-electron chi connectivity index (χ1n) is 6.82. The van der Waals surface area contributed by atoms with Crippen molar-refractivity contribution in [3.05, 3.63) is 18.0 Å². The second-order valence-electron chi connectivity index (χ2n) is 5.52. The Labute approximate surface area is 112 Å². The molecule has 6 nitrogen and oxygen atoms in total. The largest absolute Gasteiger partial charge is 0.409 e. The van der Waals surface area contributed by atoms with Crippen LogP contribution in [0.15, 0.2) is 17.4 Å². The molecule has 102 valence electrons. The van der Waals surface area contributed by atoms with Gasteiger partial charge in [-0.1, -0.05) is 5.16 Å². The maximum absolute atomic E-state index is 8.72. The van der Waals surface area contributed by atoms with Crippen LogP contribution in [0.1, 0.15) is 31.4 Å². The third-order valence-corrected chi connectivity index (χ3v) is 3.65. The van der Waals surface area contributed by atoms with Crippen molar-refractivity contribution in [3.63, 3.8) is 0 Å². The third-order valence-electron chi connectivity index (χ3n) is 3.65. The summed E-state index contributed by atoms with van der Waals surface area (Å²) in [5.41, 5.74) is 6.06. The molecule has 0 radical (unpaired) electrons. The van der Waals surface area contributed by atoms with Gasteiger partial charge in [-0.25, -0.2) is 9.97 Å². The number of anilines is 1. The van der Waals surface area contributed by atoms with E-state index in [1.807, 2.05) is 0 Å². The van der Waals surface area contributed by atoms with Crippen molar-refractivity contribution in [2.24, 2.45) is 22.7 Å². The SMILES string of the molecule is N/C(=N/O)c1ccnc(N(CC2CC2)CC2CC2)n1. The van der Waals surface area contributed by atoms with Gasteiger partial charge in [0.25, 0.3) is 0 Å². The highest BCUT2D eigenvalue weighted by Crippen LogP contribution is 2.34. The molecule has 1 heterocycles. The van der Waals surface area contributed by atoms with Gasteiger partial charge in [-0.2, -0.15) is 0 Å². The molecule has 0 spiro atoms. The molecule has 2 aliphatic carbocycles. The molecule has 0 amide bonds. The van der Waals surface area contributed by atoms with Crippen LogP contribution in [0.5, 0.6) is 0 Å². The lowest BCUT2D eigenvalue weighted by Gasteiger charge is -2.22. The van der Waals surface area contributed by atoms with Crippen molar-refractivity contribution >= 4 is 11.8 Å². The van der Waals surface area contributed by atoms with Gasteiger partial charge in [0.15, 0.2) is 5.84 Å². The maximum Gasteiger partial charge on any atom is 0.225 e. The van der Waals surface area contributed by atoms with Crippen LogP contribution in [0.4, 0.5) is 5.95 Å². The molecule has 3 N–H and O–H groups in total. The molecule has 2 saturated carbocycles. The molecule has 3 rings (SSSR count). The second-order valence-corrected chi connectivity index (χ2v) is 5.52. The molecule has 0 saturated heterocycles. The van der Waals surface area contributed by atoms with Crippen LogP contribution in [0.2, 0.25) is 0 Å². The first kappa shape index (κ1) is 12.2. The van der Waals surface area contributed by atoms with Gasteiger partial charge in [0, 0.05) is 19.3 Å². The van der Waals surface area contributed by atoms with Crippen molar-refractivity contribution in [2.75, 3.05) is 18.0 Å². The van der Waals surface area contributed by atoms with E-state index in [9.17, 15) is 0 Å². The number of rotatable bonds is 6. The fourth-order valence-corrected chi connectivity index (χ4v) is 2.16. The summed E-state index contributed by atoms with van der Waals surface area (Å²) in [5.74, 6) is 2.30. The highest BCUT2D eigenvalue weighted by molar-refractivity contribution is 5.95. The highest BCUT2D eigenvalue weighted by Gasteiger charge is 2.30. The fourth-order valence-electron chi connectivity index (χ4n) is 2.16. The van der Waals surface area contributed by atoms with Gasteiger partial charge in [0.2, 0.25) is 5.95 Å². The standard InChI is InChI=1S/C13H19N5O/c14-12(17-19)11-5-6-15-13(16-11)18(7-9-1-2-9)8-10-3-4-10/h5-6,9-10,19H,1-4,7-8H2,(H2,14,17). The average Bonchev–Trinajstić information content (AvgIpc) is 3.32. The molecule has 6 heteroatoms. The lowest BCUT2D eigenvalue weighted by atomic mass is 10.3. The van der Waals surface area contributed by atoms with Gasteiger partial charge < -0.3 is 15.8 Å². The molecule has 0 aromatic carbocycles. The molecule has 1 aromatic heterocycles. The number of oxime groups is 1. The summed E-state index contributed by atoms with van der Waals surface area (Å²) >= 11 is 0. The zero-order chi connectivity index (χ0) is 13.2. The Morgan fingerprint density at radius 2 is 1.95 bits per heavy atom. The number of hydrogen-bond donors (Lipinski definition) is 2. The monoisotopic (exact) mass is 261 g/mol. The minimum Gasteiger partial charge on any atom is -0.409 e. The molecule has 1 aromatic rings. The summed E-state index contributed by atoms with van der Waals surface area (Å²) in [6.45, 7) is 2.05. The fraction of sp³-hybridized carbons (Fsp3) is 0.615. The molecule has 0 aliphatic heterocycles. The molecule has 2 aliphatic rings. The van der Waals surface area contributed by atoms with Crippen molar-refractivity contribution in [2.45, 2.75) is 25.7 Å². The van der Waals surface area contributed by atoms with Crippen LogP contribution >= 0.6 is 0 Å². The van der Waals surface area contributed by atoms with Crippen LogP contribution in [0.25, 0.3) is 0 Å². The van der Waals surface area contributed by atoms with Crippen molar-refractivity contribution in [3.8, 4) is 0 Å². The summed E-state index contributed by atoms with van der Waals surface area (Å²) in [4.78, 5) is 11.0. The average molecular weight is 261 g/mol. The number of nitrogens with zero attached hydrogens (tertiary/aromatic N) is 4. The summed E-state index contributed by atoms with van der Waals surface area (Å²) in [6.07, 6.45) is 6.90. The Balaban J connectivity index is 1.79. The third kappa shape index (κ3) is 3.13. The van der Waals surface area contributed by atoms with E-state index in [1.54, 1.807) is 12.3 Å². The predicted molar refractivity (Wildman–Crippen MR) is 72.2 cm³/mol. The predicted octanol–water partition coefficient (Wildman–Crippen LogP) is 1.20. The van der Waals surface area contributed by atoms with Crippen molar-refractivity contribution in [1.29, 1.82) is 0 Å². The quantitative estimate of drug-likeness (QED) is 0.348. The summed E-state index contributed by atoms with van der Waals surface area (Å²) < 4.78 is 0. The summed E-state index contributed by atoms with van der Waals surface area (Å²) in [7, 11) is 0. The topological polar surface area (TPSA) is 87.6 Å². The molecule has 19 heavy (non-hydrogen) atoms. The first-order chi connectivity index (χ1) is 9.26. The zero-order valence-corrected chi connectivity index (χ0v) is 10.9. The molecule has 0 unspecified atom stereocenters. The lowest BCUT2D eigenvalue weighted by molar-refractivity contribution is 0.318. The van der Waals surface area contributed by atoms with E-state index < -0.39 is 0 Å². The molecule has 0 bridgehead atoms. The van der Waals surface area contributed by atoms with Gasteiger partial charge in [0.1, 0.15) is 5.69 Å². The summed E-state index contributed by atoms with van der Waals surface area (Å²) in [5, 5.41) is 11.7. The minimum atomic E-state index is 0.0291. The lowest BCUT2D eigenvalue weighted by Crippen LogP contribution is -2.30. The number of aromatic nitrogens is 2. The molecule has 0 atom stereocenters. The number of hydrogen-bond acceptors (Lipinski definition) is 5. The Bertz CT molecular complexity index is 468. The van der Waals surface area contributed by atoms with Crippen LogP contribution in [0, 0.1) is 11.8 Å². The Kier molecular flexibility index (Phi) is 3.23. The number of nitrogens with two attached hydrogens (primary N) is 1. The van der Waals surface area contributed by atoms with E-state index in [0.29, 0.717) is 11.6 Å². The molecular formula is C13H19N5O. The Morgan fingerprint density at radius 3 is 2.47 bits per heavy atom. The number of amidine groups is 1. The van der Waals surface area contributed by atoms with E-state index in [-0.39, 0.29) is 5.84 Å². The van der Waals surface area contributed by atoms with E-state index in [4.69, 9.17) is 10.9 Å². The van der Waals surface area contributed by atoms with E-state index >= 15 is 0 Å². The zero-order valence-electron chi connectivity index (χ0n) is 10.9.